The Balaban J connectivity index is 2.87. The SMILES string of the molecule is CC(C)Oc1ccnc(N(CCN)C(C)C)n1. The average Bonchev–Trinajstić information content (AvgIpc) is 2.24. The fraction of sp³-hybridized carbons (Fsp3) is 0.667. The number of ether oxygens (including phenoxy) is 1. The lowest BCUT2D eigenvalue weighted by atomic mass is 10.3. The van der Waals surface area contributed by atoms with Crippen molar-refractivity contribution in [1.82, 2.24) is 9.97 Å². The molecule has 0 aliphatic rings. The van der Waals surface area contributed by atoms with Crippen molar-refractivity contribution in [1.29, 1.82) is 0 Å². The second-order valence-corrected chi connectivity index (χ2v) is 4.44. The normalized spacial score (nSPS) is 11.0. The molecule has 0 bridgehead atoms. The summed E-state index contributed by atoms with van der Waals surface area (Å²) in [5.41, 5.74) is 5.59. The van der Waals surface area contributed by atoms with E-state index in [9.17, 15) is 0 Å². The smallest absolute Gasteiger partial charge is 0.228 e. The molecule has 0 amide bonds. The number of rotatable bonds is 6. The molecule has 0 spiro atoms. The molecule has 0 aliphatic carbocycles. The van der Waals surface area contributed by atoms with Gasteiger partial charge in [0.15, 0.2) is 0 Å². The summed E-state index contributed by atoms with van der Waals surface area (Å²) >= 11 is 0. The highest BCUT2D eigenvalue weighted by Crippen LogP contribution is 2.15. The Morgan fingerprint density at radius 3 is 2.59 bits per heavy atom. The third kappa shape index (κ3) is 4.19. The molecule has 1 heterocycles. The molecule has 0 atom stereocenters. The van der Waals surface area contributed by atoms with Crippen molar-refractivity contribution in [2.45, 2.75) is 39.8 Å². The predicted octanol–water partition coefficient (Wildman–Crippen LogP) is 1.44. The Kier molecular flexibility index (Phi) is 5.15. The summed E-state index contributed by atoms with van der Waals surface area (Å²) in [4.78, 5) is 10.7. The monoisotopic (exact) mass is 238 g/mol. The van der Waals surface area contributed by atoms with Gasteiger partial charge >= 0.3 is 0 Å². The van der Waals surface area contributed by atoms with Crippen LogP contribution < -0.4 is 15.4 Å². The molecule has 0 fully saturated rings. The van der Waals surface area contributed by atoms with Gasteiger partial charge in [0.25, 0.3) is 0 Å². The van der Waals surface area contributed by atoms with Crippen molar-refractivity contribution in [3.05, 3.63) is 12.3 Å². The van der Waals surface area contributed by atoms with E-state index in [1.807, 2.05) is 13.8 Å². The second-order valence-electron chi connectivity index (χ2n) is 4.44. The van der Waals surface area contributed by atoms with E-state index in [-0.39, 0.29) is 6.10 Å². The van der Waals surface area contributed by atoms with Crippen LogP contribution >= 0.6 is 0 Å². The minimum atomic E-state index is 0.111. The van der Waals surface area contributed by atoms with Crippen molar-refractivity contribution < 1.29 is 4.74 Å². The van der Waals surface area contributed by atoms with E-state index >= 15 is 0 Å². The van der Waals surface area contributed by atoms with E-state index in [1.54, 1.807) is 12.3 Å². The second kappa shape index (κ2) is 6.39. The Morgan fingerprint density at radius 1 is 1.35 bits per heavy atom. The molecular weight excluding hydrogens is 216 g/mol. The molecular formula is C12H22N4O. The third-order valence-electron chi connectivity index (χ3n) is 2.22. The summed E-state index contributed by atoms with van der Waals surface area (Å²) in [6.07, 6.45) is 1.83. The van der Waals surface area contributed by atoms with Gasteiger partial charge in [-0.2, -0.15) is 4.98 Å². The topological polar surface area (TPSA) is 64.3 Å². The zero-order valence-electron chi connectivity index (χ0n) is 11.1. The predicted molar refractivity (Wildman–Crippen MR) is 69.3 cm³/mol. The van der Waals surface area contributed by atoms with Crippen molar-refractivity contribution >= 4 is 5.95 Å². The van der Waals surface area contributed by atoms with E-state index in [1.165, 1.54) is 0 Å². The molecule has 1 rings (SSSR count). The van der Waals surface area contributed by atoms with Crippen LogP contribution in [0.5, 0.6) is 5.88 Å². The molecule has 17 heavy (non-hydrogen) atoms. The van der Waals surface area contributed by atoms with Gasteiger partial charge in [-0.3, -0.25) is 0 Å². The first-order valence-corrected chi connectivity index (χ1v) is 6.01. The van der Waals surface area contributed by atoms with Crippen LogP contribution in [0.2, 0.25) is 0 Å². The van der Waals surface area contributed by atoms with Gasteiger partial charge in [0.1, 0.15) is 0 Å². The van der Waals surface area contributed by atoms with Crippen molar-refractivity contribution in [3.8, 4) is 5.88 Å². The Bertz CT molecular complexity index is 341. The molecule has 0 radical (unpaired) electrons. The summed E-state index contributed by atoms with van der Waals surface area (Å²) in [5.74, 6) is 1.27. The van der Waals surface area contributed by atoms with Crippen LogP contribution in [0.1, 0.15) is 27.7 Å². The molecule has 5 heteroatoms. The lowest BCUT2D eigenvalue weighted by molar-refractivity contribution is 0.232. The molecule has 1 aromatic heterocycles. The fourth-order valence-electron chi connectivity index (χ4n) is 1.51. The van der Waals surface area contributed by atoms with Crippen molar-refractivity contribution in [2.75, 3.05) is 18.0 Å². The molecule has 0 saturated heterocycles. The Labute approximate surface area is 103 Å². The zero-order chi connectivity index (χ0) is 12.8. The number of nitrogens with zero attached hydrogens (tertiary/aromatic N) is 3. The Morgan fingerprint density at radius 2 is 2.06 bits per heavy atom. The van der Waals surface area contributed by atoms with Crippen molar-refractivity contribution in [3.63, 3.8) is 0 Å². The first-order valence-electron chi connectivity index (χ1n) is 6.01. The van der Waals surface area contributed by atoms with Gasteiger partial charge in [-0.15, -0.1) is 0 Å². The van der Waals surface area contributed by atoms with Crippen molar-refractivity contribution in [2.24, 2.45) is 5.73 Å². The van der Waals surface area contributed by atoms with Gasteiger partial charge < -0.3 is 15.4 Å². The fourth-order valence-corrected chi connectivity index (χ4v) is 1.51. The molecule has 0 aromatic carbocycles. The highest BCUT2D eigenvalue weighted by molar-refractivity contribution is 5.33. The van der Waals surface area contributed by atoms with Gasteiger partial charge in [0.2, 0.25) is 11.8 Å². The number of anilines is 1. The molecule has 0 unspecified atom stereocenters. The van der Waals surface area contributed by atoms with Crippen LogP contribution in [-0.2, 0) is 0 Å². The summed E-state index contributed by atoms with van der Waals surface area (Å²) < 4.78 is 5.55. The lowest BCUT2D eigenvalue weighted by Crippen LogP contribution is -2.36. The van der Waals surface area contributed by atoms with Gasteiger partial charge in [-0.05, 0) is 27.7 Å². The number of hydrogen-bond acceptors (Lipinski definition) is 5. The minimum Gasteiger partial charge on any atom is -0.475 e. The van der Waals surface area contributed by atoms with E-state index < -0.39 is 0 Å². The molecule has 0 aliphatic heterocycles. The van der Waals surface area contributed by atoms with E-state index in [2.05, 4.69) is 28.7 Å². The average molecular weight is 238 g/mol. The van der Waals surface area contributed by atoms with Crippen LogP contribution in [0.15, 0.2) is 12.3 Å². The van der Waals surface area contributed by atoms with Crippen LogP contribution in [0.3, 0.4) is 0 Å². The third-order valence-corrected chi connectivity index (χ3v) is 2.22. The molecule has 5 nitrogen and oxygen atoms in total. The van der Waals surface area contributed by atoms with Crippen LogP contribution in [0, 0.1) is 0 Å². The van der Waals surface area contributed by atoms with Gasteiger partial charge in [0.05, 0.1) is 6.10 Å². The maximum absolute atomic E-state index is 5.59. The Hall–Kier alpha value is -1.36. The minimum absolute atomic E-state index is 0.111. The summed E-state index contributed by atoms with van der Waals surface area (Å²) in [7, 11) is 0. The van der Waals surface area contributed by atoms with E-state index in [0.717, 1.165) is 6.54 Å². The largest absolute Gasteiger partial charge is 0.475 e. The van der Waals surface area contributed by atoms with E-state index in [4.69, 9.17) is 10.5 Å². The van der Waals surface area contributed by atoms with Crippen LogP contribution in [0.4, 0.5) is 5.95 Å². The van der Waals surface area contributed by atoms with Crippen LogP contribution in [0.25, 0.3) is 0 Å². The summed E-state index contributed by atoms with van der Waals surface area (Å²) in [6, 6.07) is 2.08. The first kappa shape index (κ1) is 13.7. The summed E-state index contributed by atoms with van der Waals surface area (Å²) in [6.45, 7) is 9.45. The number of nitrogens with two attached hydrogens (primary N) is 1. The quantitative estimate of drug-likeness (QED) is 0.812. The maximum Gasteiger partial charge on any atom is 0.228 e. The zero-order valence-corrected chi connectivity index (χ0v) is 11.1. The molecule has 2 N–H and O–H groups in total. The molecule has 0 saturated carbocycles. The standard InChI is InChI=1S/C12H22N4O/c1-9(2)16(8-6-13)12-14-7-5-11(15-12)17-10(3)4/h5,7,9-10H,6,8,13H2,1-4H3. The highest BCUT2D eigenvalue weighted by Gasteiger charge is 2.13. The maximum atomic E-state index is 5.59. The number of aromatic nitrogens is 2. The summed E-state index contributed by atoms with van der Waals surface area (Å²) in [5, 5.41) is 0. The lowest BCUT2D eigenvalue weighted by Gasteiger charge is -2.26. The molecule has 96 valence electrons. The first-order chi connectivity index (χ1) is 8.04. The number of hydrogen-bond donors (Lipinski definition) is 1. The van der Waals surface area contributed by atoms with Gasteiger partial charge in [-0.25, -0.2) is 4.98 Å². The molecule has 1 aromatic rings. The van der Waals surface area contributed by atoms with Gasteiger partial charge in [0, 0.05) is 31.4 Å². The van der Waals surface area contributed by atoms with E-state index in [0.29, 0.717) is 24.4 Å². The van der Waals surface area contributed by atoms with Crippen LogP contribution in [-0.4, -0.2) is 35.2 Å². The highest BCUT2D eigenvalue weighted by atomic mass is 16.5. The van der Waals surface area contributed by atoms with Gasteiger partial charge in [-0.1, -0.05) is 0 Å².